The van der Waals surface area contributed by atoms with Gasteiger partial charge in [-0.15, -0.1) is 11.3 Å². The Hall–Kier alpha value is -3.00. The van der Waals surface area contributed by atoms with Crippen molar-refractivity contribution in [3.05, 3.63) is 64.9 Å². The highest BCUT2D eigenvalue weighted by atomic mass is 32.1. The van der Waals surface area contributed by atoms with E-state index in [4.69, 9.17) is 0 Å². The molecule has 1 aliphatic rings. The molecule has 3 heterocycles. The molecule has 1 aromatic carbocycles. The molecule has 0 aliphatic carbocycles. The number of halogens is 1. The summed E-state index contributed by atoms with van der Waals surface area (Å²) in [4.78, 5) is 27.9. The summed E-state index contributed by atoms with van der Waals surface area (Å²) in [5.41, 5.74) is 2.08. The number of carbonyl (C=O) groups is 2. The number of aromatic amines is 1. The Morgan fingerprint density at radius 2 is 1.97 bits per heavy atom. The SMILES string of the molecule is O=C(NCc1ccc(F)cc1)C1CCN(C(=O)c2cc(-c3cccs3)[nH]n2)CC1. The average Bonchev–Trinajstić information content (AvgIpc) is 3.44. The number of rotatable bonds is 5. The Labute approximate surface area is 171 Å². The molecule has 3 aromatic rings. The second-order valence-electron chi connectivity index (χ2n) is 7.05. The van der Waals surface area contributed by atoms with E-state index in [1.165, 1.54) is 12.1 Å². The molecular formula is C21H21FN4O2S. The number of likely N-dealkylation sites (tertiary alicyclic amines) is 1. The summed E-state index contributed by atoms with van der Waals surface area (Å²) < 4.78 is 12.9. The maximum Gasteiger partial charge on any atom is 0.274 e. The van der Waals surface area contributed by atoms with Crippen molar-refractivity contribution in [2.24, 2.45) is 5.92 Å². The molecule has 29 heavy (non-hydrogen) atoms. The fourth-order valence-electron chi connectivity index (χ4n) is 3.43. The predicted molar refractivity (Wildman–Crippen MR) is 109 cm³/mol. The molecule has 1 aliphatic heterocycles. The van der Waals surface area contributed by atoms with Gasteiger partial charge in [0.1, 0.15) is 5.82 Å². The first-order valence-electron chi connectivity index (χ1n) is 9.51. The van der Waals surface area contributed by atoms with Crippen LogP contribution < -0.4 is 5.32 Å². The summed E-state index contributed by atoms with van der Waals surface area (Å²) in [6.07, 6.45) is 1.23. The van der Waals surface area contributed by atoms with Crippen molar-refractivity contribution in [2.75, 3.05) is 13.1 Å². The standard InChI is InChI=1S/C21H21FN4O2S/c22-16-5-3-14(4-6-16)13-23-20(27)15-7-9-26(10-8-15)21(28)18-12-17(24-25-18)19-2-1-11-29-19/h1-6,11-12,15H,7-10,13H2,(H,23,27)(H,24,25). The molecule has 8 heteroatoms. The van der Waals surface area contributed by atoms with Crippen molar-refractivity contribution in [1.29, 1.82) is 0 Å². The van der Waals surface area contributed by atoms with E-state index in [0.717, 1.165) is 16.1 Å². The molecule has 2 N–H and O–H groups in total. The third kappa shape index (κ3) is 4.54. The quantitative estimate of drug-likeness (QED) is 0.674. The summed E-state index contributed by atoms with van der Waals surface area (Å²) in [6, 6.07) is 11.8. The van der Waals surface area contributed by atoms with Gasteiger partial charge in [0.25, 0.3) is 5.91 Å². The third-order valence-corrected chi connectivity index (χ3v) is 6.02. The van der Waals surface area contributed by atoms with Gasteiger partial charge in [0.15, 0.2) is 5.69 Å². The Bertz CT molecular complexity index is 977. The minimum absolute atomic E-state index is 0.0267. The highest BCUT2D eigenvalue weighted by molar-refractivity contribution is 7.13. The van der Waals surface area contributed by atoms with Gasteiger partial charge in [-0.25, -0.2) is 4.39 Å². The Morgan fingerprint density at radius 3 is 2.66 bits per heavy atom. The number of H-pyrrole nitrogens is 1. The van der Waals surface area contributed by atoms with Gasteiger partial charge in [0, 0.05) is 25.6 Å². The van der Waals surface area contributed by atoms with Gasteiger partial charge in [-0.3, -0.25) is 14.7 Å². The van der Waals surface area contributed by atoms with Gasteiger partial charge >= 0.3 is 0 Å². The van der Waals surface area contributed by atoms with Crippen molar-refractivity contribution in [1.82, 2.24) is 20.4 Å². The number of piperidine rings is 1. The van der Waals surface area contributed by atoms with Crippen LogP contribution in [0.25, 0.3) is 10.6 Å². The Kier molecular flexibility index (Phi) is 5.71. The minimum atomic E-state index is -0.295. The number of amides is 2. The fraction of sp³-hybridized carbons (Fsp3) is 0.286. The molecule has 2 amide bonds. The van der Waals surface area contributed by atoms with Crippen LogP contribution in [0.4, 0.5) is 4.39 Å². The molecule has 6 nitrogen and oxygen atoms in total. The summed E-state index contributed by atoms with van der Waals surface area (Å²) >= 11 is 1.58. The largest absolute Gasteiger partial charge is 0.352 e. The van der Waals surface area contributed by atoms with E-state index in [9.17, 15) is 14.0 Å². The van der Waals surface area contributed by atoms with Crippen molar-refractivity contribution >= 4 is 23.2 Å². The van der Waals surface area contributed by atoms with E-state index in [1.54, 1.807) is 34.4 Å². The second-order valence-corrected chi connectivity index (χ2v) is 8.00. The molecule has 0 radical (unpaired) electrons. The van der Waals surface area contributed by atoms with Gasteiger partial charge < -0.3 is 10.2 Å². The fourth-order valence-corrected chi connectivity index (χ4v) is 4.12. The number of aromatic nitrogens is 2. The molecule has 0 bridgehead atoms. The molecule has 1 fully saturated rings. The van der Waals surface area contributed by atoms with Crippen LogP contribution in [0.2, 0.25) is 0 Å². The van der Waals surface area contributed by atoms with Gasteiger partial charge in [-0.1, -0.05) is 18.2 Å². The first kappa shape index (κ1) is 19.3. The molecule has 1 saturated heterocycles. The number of hydrogen-bond donors (Lipinski definition) is 2. The van der Waals surface area contributed by atoms with Crippen molar-refractivity contribution in [3.8, 4) is 10.6 Å². The molecule has 0 unspecified atom stereocenters. The zero-order valence-corrected chi connectivity index (χ0v) is 16.5. The Balaban J connectivity index is 1.28. The number of nitrogens with zero attached hydrogens (tertiary/aromatic N) is 2. The highest BCUT2D eigenvalue weighted by Gasteiger charge is 2.28. The first-order chi connectivity index (χ1) is 14.1. The van der Waals surface area contributed by atoms with Gasteiger partial charge in [-0.05, 0) is 48.1 Å². The maximum absolute atomic E-state index is 12.9. The zero-order chi connectivity index (χ0) is 20.2. The Morgan fingerprint density at radius 1 is 1.21 bits per heavy atom. The van der Waals surface area contributed by atoms with Crippen LogP contribution in [-0.4, -0.2) is 40.0 Å². The lowest BCUT2D eigenvalue weighted by Crippen LogP contribution is -2.43. The van der Waals surface area contributed by atoms with Gasteiger partial charge in [-0.2, -0.15) is 5.10 Å². The number of hydrogen-bond acceptors (Lipinski definition) is 4. The van der Waals surface area contributed by atoms with E-state index in [2.05, 4.69) is 15.5 Å². The van der Waals surface area contributed by atoms with E-state index in [0.29, 0.717) is 38.2 Å². The van der Waals surface area contributed by atoms with Crippen LogP contribution in [0.1, 0.15) is 28.9 Å². The topological polar surface area (TPSA) is 78.1 Å². The summed E-state index contributed by atoms with van der Waals surface area (Å²) in [7, 11) is 0. The van der Waals surface area contributed by atoms with E-state index in [-0.39, 0.29) is 23.5 Å². The monoisotopic (exact) mass is 412 g/mol. The number of thiophene rings is 1. The van der Waals surface area contributed by atoms with Crippen molar-refractivity contribution in [3.63, 3.8) is 0 Å². The maximum atomic E-state index is 12.9. The predicted octanol–water partition coefficient (Wildman–Crippen LogP) is 3.45. The van der Waals surface area contributed by atoms with Crippen molar-refractivity contribution < 1.29 is 14.0 Å². The lowest BCUT2D eigenvalue weighted by molar-refractivity contribution is -0.126. The zero-order valence-electron chi connectivity index (χ0n) is 15.7. The molecular weight excluding hydrogens is 391 g/mol. The molecule has 4 rings (SSSR count). The highest BCUT2D eigenvalue weighted by Crippen LogP contribution is 2.24. The van der Waals surface area contributed by atoms with Crippen LogP contribution >= 0.6 is 11.3 Å². The van der Waals surface area contributed by atoms with Crippen LogP contribution in [0.3, 0.4) is 0 Å². The summed E-state index contributed by atoms with van der Waals surface area (Å²) in [5.74, 6) is -0.563. The van der Waals surface area contributed by atoms with E-state index in [1.807, 2.05) is 17.5 Å². The summed E-state index contributed by atoms with van der Waals surface area (Å²) in [6.45, 7) is 1.42. The second kappa shape index (κ2) is 8.57. The number of carbonyl (C=O) groups excluding carboxylic acids is 2. The van der Waals surface area contributed by atoms with Gasteiger partial charge in [0.2, 0.25) is 5.91 Å². The molecule has 0 spiro atoms. The number of benzene rings is 1. The lowest BCUT2D eigenvalue weighted by atomic mass is 9.95. The molecule has 150 valence electrons. The molecule has 2 aromatic heterocycles. The number of nitrogens with one attached hydrogen (secondary N) is 2. The van der Waals surface area contributed by atoms with Crippen LogP contribution in [0.15, 0.2) is 47.8 Å². The lowest BCUT2D eigenvalue weighted by Gasteiger charge is -2.30. The first-order valence-corrected chi connectivity index (χ1v) is 10.4. The van der Waals surface area contributed by atoms with Crippen LogP contribution in [0, 0.1) is 11.7 Å². The summed E-state index contributed by atoms with van der Waals surface area (Å²) in [5, 5.41) is 11.9. The van der Waals surface area contributed by atoms with E-state index >= 15 is 0 Å². The van der Waals surface area contributed by atoms with Crippen LogP contribution in [-0.2, 0) is 11.3 Å². The molecule has 0 atom stereocenters. The van der Waals surface area contributed by atoms with E-state index < -0.39 is 0 Å². The van der Waals surface area contributed by atoms with Crippen LogP contribution in [0.5, 0.6) is 0 Å². The van der Waals surface area contributed by atoms with Crippen molar-refractivity contribution in [2.45, 2.75) is 19.4 Å². The molecule has 0 saturated carbocycles. The normalized spacial score (nSPS) is 14.7. The van der Waals surface area contributed by atoms with Gasteiger partial charge in [0.05, 0.1) is 10.6 Å². The minimum Gasteiger partial charge on any atom is -0.352 e. The average molecular weight is 412 g/mol. The smallest absolute Gasteiger partial charge is 0.274 e. The third-order valence-electron chi connectivity index (χ3n) is 5.12.